The second kappa shape index (κ2) is 5.72. The van der Waals surface area contributed by atoms with Gasteiger partial charge in [0.25, 0.3) is 0 Å². The van der Waals surface area contributed by atoms with Crippen LogP contribution in [0.4, 0.5) is 5.82 Å². The zero-order chi connectivity index (χ0) is 16.0. The molecule has 1 saturated carbocycles. The normalized spacial score (nSPS) is 31.4. The third kappa shape index (κ3) is 2.38. The fourth-order valence-electron chi connectivity index (χ4n) is 3.13. The highest BCUT2D eigenvalue weighted by Crippen LogP contribution is 2.33. The van der Waals surface area contributed by atoms with Gasteiger partial charge >= 0.3 is 0 Å². The molecule has 0 spiro atoms. The molecule has 2 fully saturated rings. The van der Waals surface area contributed by atoms with Gasteiger partial charge in [-0.3, -0.25) is 0 Å². The summed E-state index contributed by atoms with van der Waals surface area (Å²) >= 11 is 0. The number of ether oxygens (including phenoxy) is 1. The monoisotopic (exact) mass is 320 g/mol. The molecule has 8 heteroatoms. The summed E-state index contributed by atoms with van der Waals surface area (Å²) in [5.74, 6) is 0.720. The standard InChI is InChI=1S/C15H20N4O4/c20-6-10-12(21)13(22)15(23-10)19-7-17-11-9(19)4-5-16-14(11)18-8-2-1-3-8/h4-5,7-8,10,12-13,15,20-22H,1-3,6H2,(H,16,18)/t10-,12-,13?,15-/m1/s1. The van der Waals surface area contributed by atoms with Crippen LogP contribution in [0.25, 0.3) is 11.0 Å². The van der Waals surface area contributed by atoms with Gasteiger partial charge in [0.05, 0.1) is 18.5 Å². The van der Waals surface area contributed by atoms with E-state index in [0.29, 0.717) is 11.6 Å². The number of hydrogen-bond donors (Lipinski definition) is 4. The Morgan fingerprint density at radius 3 is 2.74 bits per heavy atom. The number of hydrogen-bond acceptors (Lipinski definition) is 7. The number of aliphatic hydroxyl groups is 3. The van der Waals surface area contributed by atoms with Crippen molar-refractivity contribution in [2.75, 3.05) is 11.9 Å². The van der Waals surface area contributed by atoms with Gasteiger partial charge in [0.1, 0.15) is 23.8 Å². The van der Waals surface area contributed by atoms with Crippen LogP contribution >= 0.6 is 0 Å². The van der Waals surface area contributed by atoms with E-state index < -0.39 is 24.5 Å². The molecule has 0 radical (unpaired) electrons. The van der Waals surface area contributed by atoms with Crippen molar-refractivity contribution in [1.29, 1.82) is 0 Å². The van der Waals surface area contributed by atoms with Gasteiger partial charge in [-0.2, -0.15) is 0 Å². The molecule has 2 aromatic rings. The summed E-state index contributed by atoms with van der Waals surface area (Å²) in [7, 11) is 0. The molecule has 0 aromatic carbocycles. The van der Waals surface area contributed by atoms with Gasteiger partial charge in [0.15, 0.2) is 12.0 Å². The first-order chi connectivity index (χ1) is 11.2. The molecule has 1 saturated heterocycles. The number of imidazole rings is 1. The Hall–Kier alpha value is -1.74. The van der Waals surface area contributed by atoms with Crippen LogP contribution in [-0.4, -0.2) is 60.8 Å². The lowest BCUT2D eigenvalue weighted by atomic mass is 9.93. The minimum atomic E-state index is -1.13. The lowest BCUT2D eigenvalue weighted by Crippen LogP contribution is -2.33. The second-order valence-corrected chi connectivity index (χ2v) is 6.18. The van der Waals surface area contributed by atoms with Crippen LogP contribution in [-0.2, 0) is 4.74 Å². The first-order valence-corrected chi connectivity index (χ1v) is 7.89. The number of aliphatic hydroxyl groups excluding tert-OH is 3. The average molecular weight is 320 g/mol. The van der Waals surface area contributed by atoms with E-state index in [0.717, 1.165) is 24.2 Å². The van der Waals surface area contributed by atoms with Crippen LogP contribution in [0.15, 0.2) is 18.6 Å². The maximum absolute atomic E-state index is 10.2. The summed E-state index contributed by atoms with van der Waals surface area (Å²) < 4.78 is 7.25. The van der Waals surface area contributed by atoms with E-state index in [9.17, 15) is 15.3 Å². The molecule has 124 valence electrons. The van der Waals surface area contributed by atoms with E-state index in [1.165, 1.54) is 6.42 Å². The van der Waals surface area contributed by atoms with E-state index in [-0.39, 0.29) is 6.61 Å². The summed E-state index contributed by atoms with van der Waals surface area (Å²) in [4.78, 5) is 8.74. The zero-order valence-electron chi connectivity index (χ0n) is 12.5. The van der Waals surface area contributed by atoms with Gasteiger partial charge in [0, 0.05) is 12.2 Å². The Labute approximate surface area is 132 Å². The van der Waals surface area contributed by atoms with Crippen molar-refractivity contribution < 1.29 is 20.1 Å². The lowest BCUT2D eigenvalue weighted by molar-refractivity contribution is -0.0508. The molecule has 4 rings (SSSR count). The fourth-order valence-corrected chi connectivity index (χ4v) is 3.13. The first kappa shape index (κ1) is 14.8. The quantitative estimate of drug-likeness (QED) is 0.627. The maximum Gasteiger partial charge on any atom is 0.164 e. The Bertz CT molecular complexity index is 702. The van der Waals surface area contributed by atoms with Crippen LogP contribution in [0.3, 0.4) is 0 Å². The molecule has 0 amide bonds. The zero-order valence-corrected chi connectivity index (χ0v) is 12.5. The molecule has 4 atom stereocenters. The Balaban J connectivity index is 1.67. The summed E-state index contributed by atoms with van der Waals surface area (Å²) in [6, 6.07) is 2.23. The largest absolute Gasteiger partial charge is 0.394 e. The molecular weight excluding hydrogens is 300 g/mol. The van der Waals surface area contributed by atoms with Crippen molar-refractivity contribution in [2.45, 2.75) is 49.8 Å². The summed E-state index contributed by atoms with van der Waals surface area (Å²) in [5.41, 5.74) is 1.47. The first-order valence-electron chi connectivity index (χ1n) is 7.89. The number of anilines is 1. The van der Waals surface area contributed by atoms with Crippen molar-refractivity contribution in [3.05, 3.63) is 18.6 Å². The topological polar surface area (TPSA) is 113 Å². The Morgan fingerprint density at radius 1 is 1.26 bits per heavy atom. The molecule has 23 heavy (non-hydrogen) atoms. The van der Waals surface area contributed by atoms with E-state index in [2.05, 4.69) is 15.3 Å². The highest BCUT2D eigenvalue weighted by Gasteiger charge is 2.43. The van der Waals surface area contributed by atoms with Crippen molar-refractivity contribution in [2.24, 2.45) is 0 Å². The predicted molar refractivity (Wildman–Crippen MR) is 81.8 cm³/mol. The maximum atomic E-state index is 10.2. The highest BCUT2D eigenvalue weighted by molar-refractivity contribution is 5.86. The van der Waals surface area contributed by atoms with Crippen molar-refractivity contribution in [3.63, 3.8) is 0 Å². The number of aromatic nitrogens is 3. The van der Waals surface area contributed by atoms with Crippen LogP contribution < -0.4 is 5.32 Å². The van der Waals surface area contributed by atoms with Crippen LogP contribution in [0.1, 0.15) is 25.5 Å². The molecule has 3 heterocycles. The summed E-state index contributed by atoms with van der Waals surface area (Å²) in [6.45, 7) is -0.350. The minimum absolute atomic E-state index is 0.350. The molecular formula is C15H20N4O4. The third-order valence-electron chi connectivity index (χ3n) is 4.73. The SMILES string of the molecule is OC[C@H]1O[C@@H](n2cnc3c(NC4CCC4)nccc32)C(O)[C@@H]1O. The Morgan fingerprint density at radius 2 is 2.09 bits per heavy atom. The number of nitrogens with one attached hydrogen (secondary N) is 1. The van der Waals surface area contributed by atoms with Crippen LogP contribution in [0.2, 0.25) is 0 Å². The van der Waals surface area contributed by atoms with Crippen molar-refractivity contribution in [1.82, 2.24) is 14.5 Å². The average Bonchev–Trinajstić information content (AvgIpc) is 3.06. The highest BCUT2D eigenvalue weighted by atomic mass is 16.6. The predicted octanol–water partition coefficient (Wildman–Crippen LogP) is 0.00720. The molecule has 8 nitrogen and oxygen atoms in total. The van der Waals surface area contributed by atoms with Gasteiger partial charge < -0.3 is 29.9 Å². The molecule has 1 aliphatic heterocycles. The van der Waals surface area contributed by atoms with Gasteiger partial charge in [-0.15, -0.1) is 0 Å². The third-order valence-corrected chi connectivity index (χ3v) is 4.73. The van der Waals surface area contributed by atoms with Gasteiger partial charge in [-0.05, 0) is 25.3 Å². The fraction of sp³-hybridized carbons (Fsp3) is 0.600. The number of pyridine rings is 1. The van der Waals surface area contributed by atoms with E-state index in [1.807, 2.05) is 0 Å². The number of fused-ring (bicyclic) bond motifs is 1. The lowest BCUT2D eigenvalue weighted by Gasteiger charge is -2.27. The molecule has 0 bridgehead atoms. The van der Waals surface area contributed by atoms with Gasteiger partial charge in [-0.25, -0.2) is 9.97 Å². The molecule has 4 N–H and O–H groups in total. The van der Waals surface area contributed by atoms with E-state index >= 15 is 0 Å². The number of rotatable bonds is 4. The second-order valence-electron chi connectivity index (χ2n) is 6.18. The van der Waals surface area contributed by atoms with Crippen LogP contribution in [0.5, 0.6) is 0 Å². The smallest absolute Gasteiger partial charge is 0.164 e. The molecule has 1 unspecified atom stereocenters. The Kier molecular flexibility index (Phi) is 3.68. The summed E-state index contributed by atoms with van der Waals surface area (Å²) in [5, 5.41) is 32.7. The van der Waals surface area contributed by atoms with Gasteiger partial charge in [-0.1, -0.05) is 0 Å². The van der Waals surface area contributed by atoms with Crippen molar-refractivity contribution in [3.8, 4) is 0 Å². The van der Waals surface area contributed by atoms with E-state index in [1.54, 1.807) is 23.2 Å². The summed E-state index contributed by atoms with van der Waals surface area (Å²) in [6.07, 6.45) is 2.90. The molecule has 2 aromatic heterocycles. The van der Waals surface area contributed by atoms with Gasteiger partial charge in [0.2, 0.25) is 0 Å². The minimum Gasteiger partial charge on any atom is -0.394 e. The molecule has 1 aliphatic carbocycles. The molecule has 2 aliphatic rings. The van der Waals surface area contributed by atoms with E-state index in [4.69, 9.17) is 4.74 Å². The number of nitrogens with zero attached hydrogens (tertiary/aromatic N) is 3. The van der Waals surface area contributed by atoms with Crippen molar-refractivity contribution >= 4 is 16.9 Å². The van der Waals surface area contributed by atoms with Crippen LogP contribution in [0, 0.1) is 0 Å².